The van der Waals surface area contributed by atoms with Crippen LogP contribution < -0.4 is 9.64 Å². The van der Waals surface area contributed by atoms with Gasteiger partial charge in [-0.3, -0.25) is 14.5 Å². The highest BCUT2D eigenvalue weighted by Gasteiger charge is 2.48. The maximum absolute atomic E-state index is 13.1. The van der Waals surface area contributed by atoms with Crippen molar-refractivity contribution in [3.05, 3.63) is 81.5 Å². The van der Waals surface area contributed by atoms with Crippen LogP contribution in [0.3, 0.4) is 0 Å². The van der Waals surface area contributed by atoms with Gasteiger partial charge in [-0.2, -0.15) is 0 Å². The van der Waals surface area contributed by atoms with Crippen LogP contribution >= 0.6 is 15.9 Å². The maximum atomic E-state index is 13.1. The second kappa shape index (κ2) is 8.63. The van der Waals surface area contributed by atoms with Gasteiger partial charge in [-0.1, -0.05) is 33.2 Å². The number of hydrogen-bond donors (Lipinski definition) is 1. The number of carbonyl (C=O) groups excluding carboxylic acids is 2. The van der Waals surface area contributed by atoms with E-state index in [0.717, 1.165) is 4.47 Å². The van der Waals surface area contributed by atoms with Crippen molar-refractivity contribution in [2.24, 2.45) is 0 Å². The van der Waals surface area contributed by atoms with Gasteiger partial charge >= 0.3 is 5.91 Å². The van der Waals surface area contributed by atoms with Crippen LogP contribution in [0.4, 0.5) is 5.82 Å². The zero-order valence-electron chi connectivity index (χ0n) is 17.7. The normalized spacial score (nSPS) is 17.9. The molecule has 0 saturated carbocycles. The molecule has 32 heavy (non-hydrogen) atoms. The zero-order valence-corrected chi connectivity index (χ0v) is 19.3. The number of rotatable bonds is 5. The summed E-state index contributed by atoms with van der Waals surface area (Å²) in [7, 11) is 0. The Morgan fingerprint density at radius 1 is 1.12 bits per heavy atom. The number of benzene rings is 2. The average Bonchev–Trinajstić information content (AvgIpc) is 3.29. The molecule has 0 unspecified atom stereocenters. The molecule has 0 spiro atoms. The Morgan fingerprint density at radius 3 is 2.34 bits per heavy atom. The first-order chi connectivity index (χ1) is 15.3. The van der Waals surface area contributed by atoms with E-state index >= 15 is 0 Å². The molecule has 1 aliphatic rings. The fraction of sp³-hybridized carbons (Fsp3) is 0.208. The molecule has 0 bridgehead atoms. The van der Waals surface area contributed by atoms with Gasteiger partial charge in [0, 0.05) is 16.1 Å². The third-order valence-corrected chi connectivity index (χ3v) is 5.52. The first kappa shape index (κ1) is 21.8. The number of aromatic nitrogens is 1. The molecule has 8 heteroatoms. The van der Waals surface area contributed by atoms with E-state index in [9.17, 15) is 14.7 Å². The Bertz CT molecular complexity index is 1200. The zero-order chi connectivity index (χ0) is 23.0. The predicted octanol–water partition coefficient (Wildman–Crippen LogP) is 5.16. The number of carbonyl (C=O) groups is 2. The molecule has 0 radical (unpaired) electrons. The monoisotopic (exact) mass is 496 g/mol. The second-order valence-corrected chi connectivity index (χ2v) is 8.62. The van der Waals surface area contributed by atoms with Crippen LogP contribution in [0.5, 0.6) is 5.75 Å². The first-order valence-electron chi connectivity index (χ1n) is 10.0. The Morgan fingerprint density at radius 2 is 1.78 bits per heavy atom. The molecule has 1 fully saturated rings. The van der Waals surface area contributed by atoms with E-state index in [0.29, 0.717) is 22.6 Å². The highest BCUT2D eigenvalue weighted by Crippen LogP contribution is 2.42. The smallest absolute Gasteiger partial charge is 0.301 e. The molecular weight excluding hydrogens is 476 g/mol. The highest BCUT2D eigenvalue weighted by molar-refractivity contribution is 9.10. The third-order valence-electron chi connectivity index (χ3n) is 4.99. The summed E-state index contributed by atoms with van der Waals surface area (Å²) in [5.41, 5.74) is 1.03. The van der Waals surface area contributed by atoms with Crippen LogP contribution in [0.1, 0.15) is 36.8 Å². The summed E-state index contributed by atoms with van der Waals surface area (Å²) < 4.78 is 11.6. The van der Waals surface area contributed by atoms with Crippen LogP contribution in [0.15, 0.2) is 69.2 Å². The molecular formula is C24H21BrN2O5. The van der Waals surface area contributed by atoms with E-state index in [2.05, 4.69) is 21.1 Å². The molecule has 4 rings (SSSR count). The molecule has 2 heterocycles. The largest absolute Gasteiger partial charge is 0.507 e. The Labute approximate surface area is 193 Å². The number of aliphatic hydroxyl groups excluding tert-OH is 1. The SMILES string of the molecule is Cc1cc(N2C(=O)C(=O)C(=C(O)c3ccc(OC(C)C)cc3)[C@H]2c2ccc(Br)cc2)no1. The number of hydrogen-bond acceptors (Lipinski definition) is 6. The van der Waals surface area contributed by atoms with E-state index < -0.39 is 17.7 Å². The van der Waals surface area contributed by atoms with Crippen molar-refractivity contribution in [2.45, 2.75) is 32.9 Å². The lowest BCUT2D eigenvalue weighted by Gasteiger charge is -2.23. The van der Waals surface area contributed by atoms with Gasteiger partial charge in [0.2, 0.25) is 0 Å². The molecule has 1 amide bonds. The maximum Gasteiger partial charge on any atom is 0.301 e. The summed E-state index contributed by atoms with van der Waals surface area (Å²) in [4.78, 5) is 27.3. The molecule has 1 N–H and O–H groups in total. The summed E-state index contributed by atoms with van der Waals surface area (Å²) in [6, 6.07) is 14.6. The van der Waals surface area contributed by atoms with Crippen molar-refractivity contribution >= 4 is 39.2 Å². The van der Waals surface area contributed by atoms with Crippen LogP contribution in [-0.2, 0) is 9.59 Å². The highest BCUT2D eigenvalue weighted by atomic mass is 79.9. The summed E-state index contributed by atoms with van der Waals surface area (Å²) in [6.07, 6.45) is 0.00286. The van der Waals surface area contributed by atoms with Gasteiger partial charge in [0.25, 0.3) is 5.78 Å². The van der Waals surface area contributed by atoms with Crippen LogP contribution in [0.25, 0.3) is 5.76 Å². The molecule has 1 saturated heterocycles. The van der Waals surface area contributed by atoms with Gasteiger partial charge in [0.1, 0.15) is 17.3 Å². The number of halogens is 1. The Balaban J connectivity index is 1.85. The van der Waals surface area contributed by atoms with Crippen molar-refractivity contribution in [1.82, 2.24) is 5.16 Å². The third kappa shape index (κ3) is 4.05. The molecule has 7 nitrogen and oxygen atoms in total. The van der Waals surface area contributed by atoms with Crippen molar-refractivity contribution in [3.8, 4) is 5.75 Å². The minimum absolute atomic E-state index is 0.00286. The second-order valence-electron chi connectivity index (χ2n) is 7.71. The van der Waals surface area contributed by atoms with Crippen LogP contribution in [0.2, 0.25) is 0 Å². The quantitative estimate of drug-likeness (QED) is 0.298. The van der Waals surface area contributed by atoms with E-state index in [1.54, 1.807) is 49.4 Å². The van der Waals surface area contributed by atoms with E-state index in [4.69, 9.17) is 9.26 Å². The topological polar surface area (TPSA) is 92.9 Å². The molecule has 3 aromatic rings. The predicted molar refractivity (Wildman–Crippen MR) is 122 cm³/mol. The lowest BCUT2D eigenvalue weighted by molar-refractivity contribution is -0.132. The Kier molecular flexibility index (Phi) is 5.88. The summed E-state index contributed by atoms with van der Waals surface area (Å²) in [6.45, 7) is 5.53. The molecule has 1 aromatic heterocycles. The van der Waals surface area contributed by atoms with Gasteiger partial charge in [-0.15, -0.1) is 0 Å². The molecule has 1 aliphatic heterocycles. The molecule has 164 valence electrons. The summed E-state index contributed by atoms with van der Waals surface area (Å²) in [5, 5.41) is 15.1. The van der Waals surface area contributed by atoms with Gasteiger partial charge in [-0.25, -0.2) is 0 Å². The number of ether oxygens (including phenoxy) is 1. The minimum Gasteiger partial charge on any atom is -0.507 e. The fourth-order valence-electron chi connectivity index (χ4n) is 3.62. The number of Topliss-reactive ketones (excluding diaryl/α,β-unsaturated/α-hetero) is 1. The number of aliphatic hydroxyl groups is 1. The average molecular weight is 497 g/mol. The van der Waals surface area contributed by atoms with E-state index in [1.165, 1.54) is 4.90 Å². The van der Waals surface area contributed by atoms with Gasteiger partial charge in [0.15, 0.2) is 5.82 Å². The number of nitrogens with zero attached hydrogens (tertiary/aromatic N) is 2. The summed E-state index contributed by atoms with van der Waals surface area (Å²) in [5.74, 6) is -0.504. The van der Waals surface area contributed by atoms with E-state index in [1.807, 2.05) is 26.0 Å². The lowest BCUT2D eigenvalue weighted by atomic mass is 9.95. The first-order valence-corrected chi connectivity index (χ1v) is 10.8. The fourth-order valence-corrected chi connectivity index (χ4v) is 3.88. The van der Waals surface area contributed by atoms with E-state index in [-0.39, 0.29) is 23.3 Å². The van der Waals surface area contributed by atoms with Crippen LogP contribution in [0, 0.1) is 6.92 Å². The lowest BCUT2D eigenvalue weighted by Crippen LogP contribution is -2.29. The number of aryl methyl sites for hydroxylation is 1. The van der Waals surface area contributed by atoms with Crippen LogP contribution in [-0.4, -0.2) is 28.1 Å². The number of anilines is 1. The molecule has 0 aliphatic carbocycles. The molecule has 1 atom stereocenters. The number of ketones is 1. The van der Waals surface area contributed by atoms with Gasteiger partial charge < -0.3 is 14.4 Å². The van der Waals surface area contributed by atoms with Crippen molar-refractivity contribution in [1.29, 1.82) is 0 Å². The van der Waals surface area contributed by atoms with Crippen molar-refractivity contribution < 1.29 is 24.0 Å². The number of amides is 1. The standard InChI is InChI=1S/C24H21BrN2O5/c1-13(2)31-18-10-6-16(7-11-18)22(28)20-21(15-4-8-17(25)9-5-15)27(24(30)23(20)29)19-12-14(3)32-26-19/h4-13,21,28H,1-3H3/t21-/m1/s1. The summed E-state index contributed by atoms with van der Waals surface area (Å²) >= 11 is 3.40. The Hall–Kier alpha value is -3.39. The van der Waals surface area contributed by atoms with Crippen molar-refractivity contribution in [3.63, 3.8) is 0 Å². The van der Waals surface area contributed by atoms with Crippen molar-refractivity contribution in [2.75, 3.05) is 4.90 Å². The minimum atomic E-state index is -0.862. The van der Waals surface area contributed by atoms with Gasteiger partial charge in [0.05, 0.1) is 17.7 Å². The van der Waals surface area contributed by atoms with Gasteiger partial charge in [-0.05, 0) is 62.7 Å². The molecule has 2 aromatic carbocycles.